The highest BCUT2D eigenvalue weighted by atomic mass is 35.5. The molecule has 5 aromatic rings. The lowest BCUT2D eigenvalue weighted by Crippen LogP contribution is -2.07. The molecule has 0 saturated heterocycles. The fourth-order valence-electron chi connectivity index (χ4n) is 4.89. The summed E-state index contributed by atoms with van der Waals surface area (Å²) in [5, 5.41) is 35.9. The normalized spacial score (nSPS) is 11.4. The molecule has 236 valence electrons. The first kappa shape index (κ1) is 32.7. The first-order valence-electron chi connectivity index (χ1n) is 14.5. The molecule has 4 aromatic carbocycles. The minimum Gasteiger partial charge on any atom is -0.478 e. The summed E-state index contributed by atoms with van der Waals surface area (Å²) in [5.74, 6) is -1.45. The Labute approximate surface area is 275 Å². The summed E-state index contributed by atoms with van der Waals surface area (Å²) in [4.78, 5) is 36.3. The number of nitrogens with zero attached hydrogens (tertiary/aromatic N) is 7. The predicted molar refractivity (Wildman–Crippen MR) is 177 cm³/mol. The molecule has 12 heteroatoms. The topological polar surface area (TPSA) is 163 Å². The Morgan fingerprint density at radius 2 is 1.06 bits per heavy atom. The molecular formula is C35H30ClN7O4. The number of hydrogen-bond acceptors (Lipinski definition) is 9. The highest BCUT2D eigenvalue weighted by Crippen LogP contribution is 2.29. The van der Waals surface area contributed by atoms with Crippen molar-refractivity contribution in [1.82, 2.24) is 15.0 Å². The van der Waals surface area contributed by atoms with E-state index in [1.165, 1.54) is 12.1 Å². The van der Waals surface area contributed by atoms with E-state index in [0.29, 0.717) is 30.2 Å². The van der Waals surface area contributed by atoms with Crippen LogP contribution in [-0.2, 0) is 12.8 Å². The number of carboxylic acid groups (broad SMARTS) is 2. The maximum Gasteiger partial charge on any atom is 0.335 e. The van der Waals surface area contributed by atoms with Gasteiger partial charge in [-0.15, -0.1) is 0 Å². The first-order chi connectivity index (χ1) is 22.4. The number of aromatic nitrogens is 3. The third-order valence-electron chi connectivity index (χ3n) is 7.42. The zero-order chi connectivity index (χ0) is 33.7. The molecule has 0 atom stereocenters. The van der Waals surface area contributed by atoms with E-state index < -0.39 is 11.9 Å². The summed E-state index contributed by atoms with van der Waals surface area (Å²) in [6.45, 7) is 7.80. The van der Waals surface area contributed by atoms with Gasteiger partial charge >= 0.3 is 11.9 Å². The summed E-state index contributed by atoms with van der Waals surface area (Å²) >= 11 is 6.34. The molecule has 0 fully saturated rings. The summed E-state index contributed by atoms with van der Waals surface area (Å²) in [6, 6.07) is 21.0. The summed E-state index contributed by atoms with van der Waals surface area (Å²) < 4.78 is 0. The third kappa shape index (κ3) is 8.33. The average Bonchev–Trinajstić information content (AvgIpc) is 3.03. The smallest absolute Gasteiger partial charge is 0.335 e. The molecule has 0 spiro atoms. The van der Waals surface area contributed by atoms with E-state index in [1.54, 1.807) is 0 Å². The summed E-state index contributed by atoms with van der Waals surface area (Å²) in [6.07, 6.45) is 0.862. The van der Waals surface area contributed by atoms with Crippen molar-refractivity contribution < 1.29 is 19.8 Å². The van der Waals surface area contributed by atoms with Crippen molar-refractivity contribution in [1.29, 1.82) is 0 Å². The van der Waals surface area contributed by atoms with Crippen LogP contribution in [0.15, 0.2) is 93.3 Å². The second-order valence-corrected chi connectivity index (χ2v) is 11.4. The fourth-order valence-corrected chi connectivity index (χ4v) is 5.08. The van der Waals surface area contributed by atoms with Crippen molar-refractivity contribution in [2.75, 3.05) is 0 Å². The molecule has 1 heterocycles. The standard InChI is InChI=1S/C35H30ClN7O4/c1-19-12-29(42-40-27-8-6-5-7-9-27)21(3)10-23(19)17-31-37-32(39-35(36)38-31)18-24-11-22(4)30(13-20(24)2)43-41-28-15-25(33(44)45)14-26(16-28)34(46)47/h5-16H,17-18H2,1-4H3,(H,44,45)(H,46,47). The molecule has 0 saturated carbocycles. The second-order valence-electron chi connectivity index (χ2n) is 11.0. The Kier molecular flexibility index (Phi) is 9.86. The van der Waals surface area contributed by atoms with E-state index in [2.05, 4.69) is 36.5 Å². The molecule has 0 aliphatic rings. The minimum absolute atomic E-state index is 0.108. The van der Waals surface area contributed by atoms with Gasteiger partial charge in [0.25, 0.3) is 0 Å². The van der Waals surface area contributed by atoms with Gasteiger partial charge in [-0.05, 0) is 115 Å². The van der Waals surface area contributed by atoms with E-state index in [4.69, 9.17) is 16.6 Å². The van der Waals surface area contributed by atoms with Crippen molar-refractivity contribution in [3.05, 3.63) is 134 Å². The minimum atomic E-state index is -1.26. The van der Waals surface area contributed by atoms with Crippen molar-refractivity contribution in [2.24, 2.45) is 20.5 Å². The zero-order valence-corrected chi connectivity index (χ0v) is 26.8. The third-order valence-corrected chi connectivity index (χ3v) is 7.59. The van der Waals surface area contributed by atoms with Crippen LogP contribution in [0.5, 0.6) is 0 Å². The number of rotatable bonds is 10. The van der Waals surface area contributed by atoms with Gasteiger partial charge in [-0.25, -0.2) is 24.5 Å². The number of carbonyl (C=O) groups is 2. The Hall–Kier alpha value is -5.68. The Morgan fingerprint density at radius 1 is 0.596 bits per heavy atom. The molecule has 0 radical (unpaired) electrons. The van der Waals surface area contributed by atoms with Gasteiger partial charge in [0.1, 0.15) is 11.6 Å². The number of carboxylic acids is 2. The van der Waals surface area contributed by atoms with Gasteiger partial charge in [-0.2, -0.15) is 20.5 Å². The van der Waals surface area contributed by atoms with Crippen LogP contribution in [0.3, 0.4) is 0 Å². The molecule has 0 amide bonds. The van der Waals surface area contributed by atoms with Gasteiger partial charge < -0.3 is 10.2 Å². The highest BCUT2D eigenvalue weighted by Gasteiger charge is 2.14. The van der Waals surface area contributed by atoms with Crippen LogP contribution in [-0.4, -0.2) is 37.1 Å². The maximum atomic E-state index is 11.4. The van der Waals surface area contributed by atoms with Gasteiger partial charge in [0, 0.05) is 12.8 Å². The molecule has 11 nitrogen and oxygen atoms in total. The van der Waals surface area contributed by atoms with Gasteiger partial charge in [0.2, 0.25) is 5.28 Å². The average molecular weight is 648 g/mol. The lowest BCUT2D eigenvalue weighted by atomic mass is 10.0. The van der Waals surface area contributed by atoms with Gasteiger partial charge in [0.05, 0.1) is 33.9 Å². The van der Waals surface area contributed by atoms with Crippen LogP contribution in [0.4, 0.5) is 22.7 Å². The van der Waals surface area contributed by atoms with Crippen LogP contribution in [0, 0.1) is 27.7 Å². The molecule has 0 aliphatic heterocycles. The van der Waals surface area contributed by atoms with E-state index in [1.807, 2.05) is 76.2 Å². The quantitative estimate of drug-likeness (QED) is 0.143. The summed E-state index contributed by atoms with van der Waals surface area (Å²) in [5.41, 5.74) is 7.57. The molecule has 1 aromatic heterocycles. The molecular weight excluding hydrogens is 618 g/mol. The monoisotopic (exact) mass is 647 g/mol. The fraction of sp³-hybridized carbons (Fsp3) is 0.171. The molecule has 2 N–H and O–H groups in total. The lowest BCUT2D eigenvalue weighted by Gasteiger charge is -2.11. The molecule has 0 aliphatic carbocycles. The first-order valence-corrected chi connectivity index (χ1v) is 14.9. The van der Waals surface area contributed by atoms with E-state index in [0.717, 1.165) is 50.8 Å². The number of aromatic carboxylic acids is 2. The second kappa shape index (κ2) is 14.2. The van der Waals surface area contributed by atoms with Crippen LogP contribution < -0.4 is 0 Å². The van der Waals surface area contributed by atoms with Gasteiger partial charge in [0.15, 0.2) is 0 Å². The van der Waals surface area contributed by atoms with Crippen LogP contribution in [0.1, 0.15) is 65.7 Å². The molecule has 0 bridgehead atoms. The Balaban J connectivity index is 1.34. The molecule has 47 heavy (non-hydrogen) atoms. The van der Waals surface area contributed by atoms with Crippen LogP contribution in [0.2, 0.25) is 5.28 Å². The zero-order valence-electron chi connectivity index (χ0n) is 26.1. The predicted octanol–water partition coefficient (Wildman–Crippen LogP) is 9.17. The number of azo groups is 2. The van der Waals surface area contributed by atoms with Crippen LogP contribution in [0.25, 0.3) is 0 Å². The molecule has 5 rings (SSSR count). The van der Waals surface area contributed by atoms with E-state index in [-0.39, 0.29) is 22.1 Å². The van der Waals surface area contributed by atoms with Crippen LogP contribution >= 0.6 is 11.6 Å². The largest absolute Gasteiger partial charge is 0.478 e. The van der Waals surface area contributed by atoms with E-state index >= 15 is 0 Å². The van der Waals surface area contributed by atoms with Crippen molar-refractivity contribution >= 4 is 46.3 Å². The Morgan fingerprint density at radius 3 is 1.53 bits per heavy atom. The Bertz CT molecular complexity index is 2030. The van der Waals surface area contributed by atoms with Gasteiger partial charge in [-0.3, -0.25) is 0 Å². The number of aryl methyl sites for hydroxylation is 4. The van der Waals surface area contributed by atoms with Gasteiger partial charge in [-0.1, -0.05) is 30.3 Å². The van der Waals surface area contributed by atoms with Crippen molar-refractivity contribution in [3.63, 3.8) is 0 Å². The number of halogens is 1. The maximum absolute atomic E-state index is 11.4. The highest BCUT2D eigenvalue weighted by molar-refractivity contribution is 6.28. The van der Waals surface area contributed by atoms with Crippen molar-refractivity contribution in [2.45, 2.75) is 40.5 Å². The molecule has 0 unspecified atom stereocenters. The number of benzene rings is 4. The van der Waals surface area contributed by atoms with Crippen molar-refractivity contribution in [3.8, 4) is 0 Å². The van der Waals surface area contributed by atoms with E-state index in [9.17, 15) is 19.8 Å². The number of hydrogen-bond donors (Lipinski definition) is 2. The SMILES string of the molecule is Cc1cc(N=Nc2ccccc2)c(C)cc1Cc1nc(Cl)nc(Cc2cc(C)c(N=Nc3cc(C(=O)O)cc(C(=O)O)c3)cc2C)n1. The lowest BCUT2D eigenvalue weighted by molar-refractivity contribution is 0.0696. The summed E-state index contributed by atoms with van der Waals surface area (Å²) in [7, 11) is 0.